The van der Waals surface area contributed by atoms with Crippen LogP contribution in [0.4, 0.5) is 0 Å². The Morgan fingerprint density at radius 3 is 2.96 bits per heavy atom. The van der Waals surface area contributed by atoms with Crippen LogP contribution in [0.5, 0.6) is 0 Å². The molecule has 136 valence electrons. The molecular formula is C16H22N4O3S2. The summed E-state index contributed by atoms with van der Waals surface area (Å²) in [4.78, 5) is 0.409. The molecule has 2 heterocycles. The van der Waals surface area contributed by atoms with Crippen LogP contribution in [0.15, 0.2) is 28.3 Å². The Morgan fingerprint density at radius 1 is 1.36 bits per heavy atom. The van der Waals surface area contributed by atoms with E-state index in [9.17, 15) is 8.42 Å². The minimum atomic E-state index is -3.33. The van der Waals surface area contributed by atoms with Gasteiger partial charge in [-0.05, 0) is 54.3 Å². The molecule has 0 amide bonds. The van der Waals surface area contributed by atoms with Crippen molar-refractivity contribution in [1.29, 1.82) is 0 Å². The molecule has 0 spiro atoms. The van der Waals surface area contributed by atoms with Crippen molar-refractivity contribution in [1.82, 2.24) is 20.2 Å². The topological polar surface area (TPSA) is 87.0 Å². The normalized spacial score (nSPS) is 17.9. The van der Waals surface area contributed by atoms with Crippen molar-refractivity contribution >= 4 is 21.6 Å². The SMILES string of the molecule is Cc1ccc(C)c(S(=O)(=O)CCSc2nnnn2CC2CCCO2)c1. The van der Waals surface area contributed by atoms with Crippen LogP contribution in [0.2, 0.25) is 0 Å². The molecule has 25 heavy (non-hydrogen) atoms. The van der Waals surface area contributed by atoms with E-state index in [1.165, 1.54) is 11.8 Å². The second-order valence-corrected chi connectivity index (χ2v) is 9.35. The maximum absolute atomic E-state index is 12.6. The molecule has 3 rings (SSSR count). The first kappa shape index (κ1) is 18.3. The summed E-state index contributed by atoms with van der Waals surface area (Å²) in [7, 11) is -3.33. The lowest BCUT2D eigenvalue weighted by Crippen LogP contribution is -2.17. The number of rotatable bonds is 7. The van der Waals surface area contributed by atoms with Gasteiger partial charge in [0.1, 0.15) is 0 Å². The predicted octanol–water partition coefficient (Wildman–Crippen LogP) is 2.03. The Balaban J connectivity index is 1.61. The minimum Gasteiger partial charge on any atom is -0.376 e. The average Bonchev–Trinajstić information content (AvgIpc) is 3.22. The van der Waals surface area contributed by atoms with E-state index in [1.54, 1.807) is 10.7 Å². The lowest BCUT2D eigenvalue weighted by atomic mass is 10.2. The number of aromatic nitrogens is 4. The Bertz CT molecular complexity index is 830. The molecular weight excluding hydrogens is 360 g/mol. The van der Waals surface area contributed by atoms with Crippen molar-refractivity contribution in [3.05, 3.63) is 29.3 Å². The minimum absolute atomic E-state index is 0.0503. The van der Waals surface area contributed by atoms with Gasteiger partial charge < -0.3 is 4.74 Å². The van der Waals surface area contributed by atoms with Crippen LogP contribution in [0.1, 0.15) is 24.0 Å². The molecule has 9 heteroatoms. The highest BCUT2D eigenvalue weighted by Crippen LogP contribution is 2.22. The summed E-state index contributed by atoms with van der Waals surface area (Å²) >= 11 is 1.36. The van der Waals surface area contributed by atoms with Gasteiger partial charge in [-0.15, -0.1) is 5.10 Å². The fourth-order valence-electron chi connectivity index (χ4n) is 2.79. The van der Waals surface area contributed by atoms with Gasteiger partial charge in [0.15, 0.2) is 9.84 Å². The van der Waals surface area contributed by atoms with Crippen molar-refractivity contribution in [3.63, 3.8) is 0 Å². The zero-order chi connectivity index (χ0) is 17.9. The highest BCUT2D eigenvalue weighted by molar-refractivity contribution is 8.00. The van der Waals surface area contributed by atoms with Crippen LogP contribution in [0.3, 0.4) is 0 Å². The zero-order valence-electron chi connectivity index (χ0n) is 14.4. The first-order valence-corrected chi connectivity index (χ1v) is 10.9. The lowest BCUT2D eigenvalue weighted by molar-refractivity contribution is 0.0912. The molecule has 0 saturated carbocycles. The third-order valence-electron chi connectivity index (χ3n) is 4.16. The van der Waals surface area contributed by atoms with Crippen molar-refractivity contribution in [2.24, 2.45) is 0 Å². The first-order chi connectivity index (χ1) is 12.0. The van der Waals surface area contributed by atoms with E-state index in [0.717, 1.165) is 30.6 Å². The summed E-state index contributed by atoms with van der Waals surface area (Å²) in [5.41, 5.74) is 1.72. The summed E-state index contributed by atoms with van der Waals surface area (Å²) in [6.07, 6.45) is 2.20. The van der Waals surface area contributed by atoms with E-state index in [4.69, 9.17) is 4.74 Å². The molecule has 7 nitrogen and oxygen atoms in total. The summed E-state index contributed by atoms with van der Waals surface area (Å²) < 4.78 is 32.5. The van der Waals surface area contributed by atoms with E-state index in [0.29, 0.717) is 22.3 Å². The Hall–Kier alpha value is -1.45. The van der Waals surface area contributed by atoms with Crippen LogP contribution in [-0.4, -0.2) is 52.8 Å². The molecule has 1 aromatic heterocycles. The molecule has 0 aliphatic carbocycles. The largest absolute Gasteiger partial charge is 0.376 e. The Morgan fingerprint density at radius 2 is 2.20 bits per heavy atom. The van der Waals surface area contributed by atoms with Crippen LogP contribution in [0, 0.1) is 13.8 Å². The number of benzene rings is 1. The van der Waals surface area contributed by atoms with Crippen LogP contribution in [0.25, 0.3) is 0 Å². The van der Waals surface area contributed by atoms with Gasteiger partial charge in [-0.25, -0.2) is 13.1 Å². The van der Waals surface area contributed by atoms with E-state index in [2.05, 4.69) is 15.5 Å². The molecule has 2 aromatic rings. The number of nitrogens with zero attached hydrogens (tertiary/aromatic N) is 4. The highest BCUT2D eigenvalue weighted by Gasteiger charge is 2.21. The number of ether oxygens (including phenoxy) is 1. The van der Waals surface area contributed by atoms with Crippen LogP contribution in [-0.2, 0) is 21.1 Å². The molecule has 0 bridgehead atoms. The quantitative estimate of drug-likeness (QED) is 0.677. The van der Waals surface area contributed by atoms with Crippen molar-refractivity contribution in [2.75, 3.05) is 18.1 Å². The third-order valence-corrected chi connectivity index (χ3v) is 7.23. The molecule has 0 N–H and O–H groups in total. The highest BCUT2D eigenvalue weighted by atomic mass is 32.2. The van der Waals surface area contributed by atoms with Gasteiger partial charge in [0.25, 0.3) is 0 Å². The molecule has 1 aliphatic rings. The average molecular weight is 383 g/mol. The summed E-state index contributed by atoms with van der Waals surface area (Å²) in [5.74, 6) is 0.455. The van der Waals surface area contributed by atoms with Crippen LogP contribution >= 0.6 is 11.8 Å². The molecule has 1 aromatic carbocycles. The van der Waals surface area contributed by atoms with Gasteiger partial charge in [-0.1, -0.05) is 23.9 Å². The van der Waals surface area contributed by atoms with Crippen molar-refractivity contribution in [2.45, 2.75) is 49.4 Å². The number of thioether (sulfide) groups is 1. The molecule has 1 atom stereocenters. The number of tetrazole rings is 1. The maximum Gasteiger partial charge on any atom is 0.209 e. The lowest BCUT2D eigenvalue weighted by Gasteiger charge is -2.10. The second kappa shape index (κ2) is 7.84. The van der Waals surface area contributed by atoms with Crippen molar-refractivity contribution < 1.29 is 13.2 Å². The molecule has 1 fully saturated rings. The maximum atomic E-state index is 12.6. The molecule has 1 saturated heterocycles. The van der Waals surface area contributed by atoms with Crippen LogP contribution < -0.4 is 0 Å². The summed E-state index contributed by atoms with van der Waals surface area (Å²) in [5, 5.41) is 12.3. The molecule has 0 radical (unpaired) electrons. The standard InChI is InChI=1S/C16H22N4O3S2/c1-12-5-6-13(2)15(10-12)25(21,22)9-8-24-16-17-18-19-20(16)11-14-4-3-7-23-14/h5-6,10,14H,3-4,7-9,11H2,1-2H3. The third kappa shape index (κ3) is 4.59. The van der Waals surface area contributed by atoms with Crippen molar-refractivity contribution in [3.8, 4) is 0 Å². The number of hydrogen-bond acceptors (Lipinski definition) is 7. The Labute approximate surface area is 152 Å². The number of aryl methyl sites for hydroxylation is 2. The van der Waals surface area contributed by atoms with E-state index >= 15 is 0 Å². The predicted molar refractivity (Wildman–Crippen MR) is 95.5 cm³/mol. The number of hydrogen-bond donors (Lipinski definition) is 0. The number of sulfone groups is 1. The van der Waals surface area contributed by atoms with E-state index < -0.39 is 9.84 Å². The van der Waals surface area contributed by atoms with Gasteiger partial charge >= 0.3 is 0 Å². The first-order valence-electron chi connectivity index (χ1n) is 8.26. The fraction of sp³-hybridized carbons (Fsp3) is 0.562. The molecule has 1 aliphatic heterocycles. The summed E-state index contributed by atoms with van der Waals surface area (Å²) in [6.45, 7) is 5.11. The fourth-order valence-corrected chi connectivity index (χ4v) is 5.68. The van der Waals surface area contributed by atoms with Gasteiger partial charge in [-0.2, -0.15) is 0 Å². The Kier molecular flexibility index (Phi) is 5.75. The summed E-state index contributed by atoms with van der Waals surface area (Å²) in [6, 6.07) is 5.50. The van der Waals surface area contributed by atoms with E-state index in [1.807, 2.05) is 26.0 Å². The second-order valence-electron chi connectivity index (χ2n) is 6.21. The monoisotopic (exact) mass is 382 g/mol. The van der Waals surface area contributed by atoms with Gasteiger partial charge in [0.05, 0.1) is 23.3 Å². The zero-order valence-corrected chi connectivity index (χ0v) is 16.0. The van der Waals surface area contributed by atoms with Gasteiger partial charge in [0, 0.05) is 12.4 Å². The smallest absolute Gasteiger partial charge is 0.209 e. The van der Waals surface area contributed by atoms with Gasteiger partial charge in [-0.3, -0.25) is 0 Å². The van der Waals surface area contributed by atoms with E-state index in [-0.39, 0.29) is 11.9 Å². The molecule has 1 unspecified atom stereocenters. The van der Waals surface area contributed by atoms with Gasteiger partial charge in [0.2, 0.25) is 5.16 Å².